The van der Waals surface area contributed by atoms with Crippen LogP contribution in [-0.2, 0) is 31.1 Å². The lowest BCUT2D eigenvalue weighted by Crippen LogP contribution is -2.44. The van der Waals surface area contributed by atoms with Crippen LogP contribution < -0.4 is 26.0 Å². The number of halogens is 4. The van der Waals surface area contributed by atoms with Crippen molar-refractivity contribution < 1.29 is 41.8 Å². The van der Waals surface area contributed by atoms with Gasteiger partial charge in [-0.05, 0) is 91.8 Å². The van der Waals surface area contributed by atoms with E-state index in [9.17, 15) is 32.3 Å². The number of esters is 1. The maximum absolute atomic E-state index is 13.1. The number of alkyl halides is 3. The van der Waals surface area contributed by atoms with Gasteiger partial charge >= 0.3 is 18.2 Å². The Kier molecular flexibility index (Phi) is 13.0. The van der Waals surface area contributed by atoms with Gasteiger partial charge in [-0.1, -0.05) is 23.7 Å². The molecule has 1 atom stereocenters. The van der Waals surface area contributed by atoms with Crippen LogP contribution >= 0.6 is 11.6 Å². The van der Waals surface area contributed by atoms with Gasteiger partial charge in [-0.25, -0.2) is 4.79 Å². The summed E-state index contributed by atoms with van der Waals surface area (Å²) in [5.74, 6) is -2.95. The monoisotopic (exact) mass is 768 g/mol. The average molecular weight is 769 g/mol. The number of rotatable bonds is 18. The van der Waals surface area contributed by atoms with E-state index >= 15 is 0 Å². The Morgan fingerprint density at radius 2 is 1.61 bits per heavy atom. The summed E-state index contributed by atoms with van der Waals surface area (Å²) in [4.78, 5) is 66.3. The van der Waals surface area contributed by atoms with Crippen LogP contribution in [0.15, 0.2) is 73.1 Å². The first-order valence-electron chi connectivity index (χ1n) is 16.8. The molecule has 2 aromatic carbocycles. The van der Waals surface area contributed by atoms with E-state index in [-0.39, 0.29) is 36.8 Å². The van der Waals surface area contributed by atoms with Crippen LogP contribution in [0.2, 0.25) is 5.02 Å². The molecule has 54 heavy (non-hydrogen) atoms. The summed E-state index contributed by atoms with van der Waals surface area (Å²) in [7, 11) is 1.15. The van der Waals surface area contributed by atoms with Gasteiger partial charge in [-0.15, -0.1) is 0 Å². The van der Waals surface area contributed by atoms with Gasteiger partial charge < -0.3 is 30.7 Å². The number of carbonyl (C=O) groups excluding carboxylic acids is 4. The lowest BCUT2D eigenvalue weighted by molar-refractivity contribution is -0.154. The zero-order valence-corrected chi connectivity index (χ0v) is 29.7. The molecule has 1 saturated carbocycles. The van der Waals surface area contributed by atoms with Crippen LogP contribution in [0.4, 0.5) is 30.8 Å². The fraction of sp³-hybridized carbons (Fsp3) is 0.333. The number of carbonyl (C=O) groups is 4. The number of benzene rings is 2. The first-order chi connectivity index (χ1) is 25.8. The number of ketones is 1. The van der Waals surface area contributed by atoms with Crippen LogP contribution in [-0.4, -0.2) is 76.0 Å². The molecule has 0 spiro atoms. The fourth-order valence-corrected chi connectivity index (χ4v) is 5.41. The Hall–Kier alpha value is -5.84. The van der Waals surface area contributed by atoms with Crippen molar-refractivity contribution in [3.8, 4) is 6.01 Å². The van der Waals surface area contributed by atoms with Crippen molar-refractivity contribution in [1.29, 1.82) is 0 Å². The summed E-state index contributed by atoms with van der Waals surface area (Å²) < 4.78 is 48.5. The summed E-state index contributed by atoms with van der Waals surface area (Å²) in [5.41, 5.74) is 1.85. The van der Waals surface area contributed by atoms with Gasteiger partial charge in [0.15, 0.2) is 6.61 Å². The predicted octanol–water partition coefficient (Wildman–Crippen LogP) is 5.08. The number of anilines is 3. The molecule has 0 bridgehead atoms. The van der Waals surface area contributed by atoms with Gasteiger partial charge in [0, 0.05) is 41.6 Å². The Morgan fingerprint density at radius 3 is 2.26 bits per heavy atom. The van der Waals surface area contributed by atoms with Crippen LogP contribution in [0.25, 0.3) is 0 Å². The Balaban J connectivity index is 1.18. The second-order valence-corrected chi connectivity index (χ2v) is 12.7. The highest BCUT2D eigenvalue weighted by Gasteiger charge is 2.45. The van der Waals surface area contributed by atoms with Gasteiger partial charge in [-0.2, -0.15) is 28.1 Å². The lowest BCUT2D eigenvalue weighted by atomic mass is 10.1. The zero-order valence-electron chi connectivity index (χ0n) is 28.9. The van der Waals surface area contributed by atoms with E-state index < -0.39 is 53.9 Å². The molecule has 1 fully saturated rings. The first kappa shape index (κ1) is 39.4. The third kappa shape index (κ3) is 11.6. The molecule has 2 amide bonds. The second kappa shape index (κ2) is 17.8. The molecule has 0 saturated heterocycles. The number of nitrogens with one attached hydrogen (secondary N) is 4. The molecule has 1 aliphatic rings. The van der Waals surface area contributed by atoms with E-state index in [2.05, 4.69) is 41.2 Å². The predicted molar refractivity (Wildman–Crippen MR) is 190 cm³/mol. The fourth-order valence-electron chi connectivity index (χ4n) is 5.28. The molecule has 0 radical (unpaired) electrons. The highest BCUT2D eigenvalue weighted by Crippen LogP contribution is 2.48. The highest BCUT2D eigenvalue weighted by molar-refractivity contribution is 6.36. The first-order valence-corrected chi connectivity index (χ1v) is 17.2. The van der Waals surface area contributed by atoms with Gasteiger partial charge in [-0.3, -0.25) is 19.4 Å². The van der Waals surface area contributed by atoms with E-state index in [1.54, 1.807) is 24.5 Å². The number of hydrogen-bond donors (Lipinski definition) is 4. The number of Topliss-reactive ketones (excluding diaryl/α,β-unsaturated/α-hetero) is 1. The molecule has 0 unspecified atom stereocenters. The topological polar surface area (TPSA) is 186 Å². The molecule has 18 heteroatoms. The van der Waals surface area contributed by atoms with E-state index in [1.807, 2.05) is 24.3 Å². The number of methoxy groups -OCH3 is 1. The third-order valence-corrected chi connectivity index (χ3v) is 8.51. The zero-order chi connectivity index (χ0) is 38.7. The minimum Gasteiger partial charge on any atom is -0.467 e. The number of amides is 2. The summed E-state index contributed by atoms with van der Waals surface area (Å²) in [5, 5.41) is 11.7. The van der Waals surface area contributed by atoms with Crippen molar-refractivity contribution >= 4 is 52.8 Å². The Labute approximate surface area is 312 Å². The number of aryl methyl sites for hydroxylation is 1. The van der Waals surface area contributed by atoms with Crippen LogP contribution in [0.3, 0.4) is 0 Å². The summed E-state index contributed by atoms with van der Waals surface area (Å²) in [6.07, 6.45) is 1.16. The SMILES string of the molecule is COC(=O)[C@H](CCNC(=O)C(=O)CCCc1ccncc1)NC(=O)c1ccc(Nc2nc(NC3(c4ccc(Cl)cc4)CC3)nc(OCC(F)(F)F)n2)cc1. The number of aromatic nitrogens is 4. The van der Waals surface area contributed by atoms with Gasteiger partial charge in [0.05, 0.1) is 12.6 Å². The molecular formula is C36H36ClF3N8O6. The minimum absolute atomic E-state index is 0.0245. The second-order valence-electron chi connectivity index (χ2n) is 12.3. The minimum atomic E-state index is -4.63. The average Bonchev–Trinajstić information content (AvgIpc) is 3.93. The maximum atomic E-state index is 13.1. The third-order valence-electron chi connectivity index (χ3n) is 8.26. The number of ether oxygens (including phenoxy) is 2. The van der Waals surface area contributed by atoms with Crippen molar-refractivity contribution in [2.24, 2.45) is 0 Å². The van der Waals surface area contributed by atoms with Crippen LogP contribution in [0.1, 0.15) is 53.6 Å². The molecule has 284 valence electrons. The molecule has 2 aromatic heterocycles. The van der Waals surface area contributed by atoms with Gasteiger partial charge in [0.1, 0.15) is 6.04 Å². The molecular weight excluding hydrogens is 733 g/mol. The number of hydrogen-bond acceptors (Lipinski definition) is 12. The molecule has 0 aliphatic heterocycles. The molecule has 2 heterocycles. The van der Waals surface area contributed by atoms with E-state index in [0.717, 1.165) is 18.2 Å². The lowest BCUT2D eigenvalue weighted by Gasteiger charge is -2.19. The molecule has 1 aliphatic carbocycles. The highest BCUT2D eigenvalue weighted by atomic mass is 35.5. The maximum Gasteiger partial charge on any atom is 0.422 e. The molecule has 5 rings (SSSR count). The van der Waals surface area contributed by atoms with Crippen molar-refractivity contribution in [3.63, 3.8) is 0 Å². The number of nitrogens with zero attached hydrogens (tertiary/aromatic N) is 4. The van der Waals surface area contributed by atoms with Crippen molar-refractivity contribution in [2.45, 2.75) is 56.3 Å². The Bertz CT molecular complexity index is 1930. The van der Waals surface area contributed by atoms with E-state index in [4.69, 9.17) is 21.1 Å². The van der Waals surface area contributed by atoms with Crippen LogP contribution in [0, 0.1) is 0 Å². The quantitative estimate of drug-likeness (QED) is 0.0779. The largest absolute Gasteiger partial charge is 0.467 e. The number of pyridine rings is 1. The molecule has 4 aromatic rings. The van der Waals surface area contributed by atoms with Gasteiger partial charge in [0.2, 0.25) is 17.7 Å². The Morgan fingerprint density at radius 1 is 0.926 bits per heavy atom. The van der Waals surface area contributed by atoms with E-state index in [0.29, 0.717) is 36.4 Å². The standard InChI is InChI=1S/C36H36ClF3N8O6/c1-53-31(52)27(15-20-42-30(51)28(49)4-2-3-22-13-18-41-19-14-22)44-29(50)23-5-11-26(12-6-23)43-32-45-33(47-34(46-32)54-21-36(38,39)40)48-35(16-17-35)24-7-9-25(37)10-8-24/h5-14,18-19,27H,2-4,15-17,20-21H2,1H3,(H,42,51)(H,44,50)(H2,43,45,46,47,48)/t27-/m0/s1. The van der Waals surface area contributed by atoms with E-state index in [1.165, 1.54) is 24.3 Å². The summed E-state index contributed by atoms with van der Waals surface area (Å²) >= 11 is 6.03. The molecule has 4 N–H and O–H groups in total. The summed E-state index contributed by atoms with van der Waals surface area (Å²) in [6.45, 7) is -1.71. The van der Waals surface area contributed by atoms with Crippen molar-refractivity contribution in [3.05, 3.63) is 94.8 Å². The van der Waals surface area contributed by atoms with Crippen molar-refractivity contribution in [1.82, 2.24) is 30.6 Å². The normalized spacial score (nSPS) is 13.6. The molecule has 14 nitrogen and oxygen atoms in total. The van der Waals surface area contributed by atoms with Gasteiger partial charge in [0.25, 0.3) is 11.8 Å². The summed E-state index contributed by atoms with van der Waals surface area (Å²) in [6, 6.07) is 14.9. The van der Waals surface area contributed by atoms with Crippen LogP contribution in [0.5, 0.6) is 6.01 Å². The smallest absolute Gasteiger partial charge is 0.422 e. The van der Waals surface area contributed by atoms with Crippen molar-refractivity contribution in [2.75, 3.05) is 30.9 Å².